The van der Waals surface area contributed by atoms with E-state index in [-0.39, 0.29) is 19.2 Å². The summed E-state index contributed by atoms with van der Waals surface area (Å²) in [4.78, 5) is 34.6. The van der Waals surface area contributed by atoms with E-state index in [4.69, 9.17) is 21.4 Å². The van der Waals surface area contributed by atoms with E-state index < -0.39 is 11.9 Å². The number of carboxylic acids is 1. The first-order valence-corrected chi connectivity index (χ1v) is 11.5. The van der Waals surface area contributed by atoms with Crippen molar-refractivity contribution in [1.29, 1.82) is 0 Å². The molecule has 0 radical (unpaired) electrons. The van der Waals surface area contributed by atoms with Crippen molar-refractivity contribution >= 4 is 40.9 Å². The molecule has 184 valence electrons. The highest BCUT2D eigenvalue weighted by atomic mass is 35.5. The van der Waals surface area contributed by atoms with Gasteiger partial charge in [-0.3, -0.25) is 9.59 Å². The van der Waals surface area contributed by atoms with Crippen molar-refractivity contribution in [2.24, 2.45) is 5.92 Å². The van der Waals surface area contributed by atoms with E-state index >= 15 is 0 Å². The Morgan fingerprint density at radius 3 is 2.21 bits per heavy atom. The summed E-state index contributed by atoms with van der Waals surface area (Å²) in [6.45, 7) is 0.0330. The van der Waals surface area contributed by atoms with Crippen molar-refractivity contribution in [2.45, 2.75) is 32.1 Å². The predicted octanol–water partition coefficient (Wildman–Crippen LogP) is 5.03. The van der Waals surface area contributed by atoms with Crippen molar-refractivity contribution in [2.75, 3.05) is 31.8 Å². The Morgan fingerprint density at radius 1 is 1.00 bits per heavy atom. The number of carbonyl (C=O) groups excluding carboxylic acids is 2. The van der Waals surface area contributed by atoms with E-state index in [9.17, 15) is 14.4 Å². The second-order valence-corrected chi connectivity index (χ2v) is 8.27. The number of hydrogen-bond donors (Lipinski definition) is 2. The van der Waals surface area contributed by atoms with Gasteiger partial charge in [-0.15, -0.1) is 0 Å². The van der Waals surface area contributed by atoms with Gasteiger partial charge in [0, 0.05) is 12.1 Å². The number of ether oxygens (including phenoxy) is 2. The molecule has 0 bridgehead atoms. The first-order valence-electron chi connectivity index (χ1n) is 11.2. The van der Waals surface area contributed by atoms with Crippen LogP contribution in [0.1, 0.15) is 32.1 Å². The summed E-state index contributed by atoms with van der Waals surface area (Å²) in [5, 5.41) is 10.8. The highest BCUT2D eigenvalue weighted by molar-refractivity contribution is 6.30. The van der Waals surface area contributed by atoms with Gasteiger partial charge in [-0.2, -0.15) is 0 Å². The zero-order chi connectivity index (χ0) is 24.8. The monoisotopic (exact) mass is 490 g/mol. The fourth-order valence-corrected chi connectivity index (χ4v) is 3.62. The summed E-state index contributed by atoms with van der Waals surface area (Å²) in [6.07, 6.45) is 5.74. The Morgan fingerprint density at radius 2 is 1.62 bits per heavy atom. The minimum absolute atomic E-state index is 0.104. The third-order valence-electron chi connectivity index (χ3n) is 5.16. The topological polar surface area (TPSA) is 105 Å². The molecule has 3 rings (SSSR count). The Kier molecular flexibility index (Phi) is 11.9. The van der Waals surface area contributed by atoms with Gasteiger partial charge >= 0.3 is 12.1 Å². The molecule has 2 aromatic rings. The molecule has 2 amide bonds. The van der Waals surface area contributed by atoms with Gasteiger partial charge < -0.3 is 19.9 Å². The van der Waals surface area contributed by atoms with E-state index in [0.717, 1.165) is 24.2 Å². The number of halogens is 1. The first-order chi connectivity index (χ1) is 16.4. The molecule has 2 aromatic carbocycles. The molecule has 0 aliphatic heterocycles. The van der Waals surface area contributed by atoms with Gasteiger partial charge in [0.05, 0.1) is 18.0 Å². The number of hydrogen-bond acceptors (Lipinski definition) is 5. The lowest BCUT2D eigenvalue weighted by atomic mass is 9.90. The predicted molar refractivity (Wildman–Crippen MR) is 130 cm³/mol. The quantitative estimate of drug-likeness (QED) is 0.537. The van der Waals surface area contributed by atoms with E-state index in [1.165, 1.54) is 26.4 Å². The van der Waals surface area contributed by atoms with Crippen LogP contribution in [0.15, 0.2) is 54.6 Å². The van der Waals surface area contributed by atoms with Crippen LogP contribution < -0.4 is 10.2 Å². The smallest absolute Gasteiger partial charge is 0.418 e. The molecule has 2 N–H and O–H groups in total. The maximum atomic E-state index is 12.7. The van der Waals surface area contributed by atoms with Crippen LogP contribution in [0.25, 0.3) is 0 Å². The van der Waals surface area contributed by atoms with Gasteiger partial charge in [-0.25, -0.2) is 9.69 Å². The number of carboxylic acid groups (broad SMARTS) is 1. The highest BCUT2D eigenvalue weighted by Gasteiger charge is 2.22. The summed E-state index contributed by atoms with van der Waals surface area (Å²) in [6, 6.07) is 16.8. The maximum absolute atomic E-state index is 12.7. The van der Waals surface area contributed by atoms with Crippen molar-refractivity contribution in [1.82, 2.24) is 5.32 Å². The Bertz CT molecular complexity index is 901. The van der Waals surface area contributed by atoms with Gasteiger partial charge in [0.15, 0.2) is 0 Å². The number of nitrogens with zero attached hydrogens (tertiary/aromatic N) is 1. The van der Waals surface area contributed by atoms with Crippen LogP contribution in [-0.2, 0) is 19.1 Å². The minimum atomic E-state index is -1.07. The highest BCUT2D eigenvalue weighted by Crippen LogP contribution is 2.29. The lowest BCUT2D eigenvalue weighted by Gasteiger charge is -2.25. The second-order valence-electron chi connectivity index (χ2n) is 7.83. The molecule has 0 heterocycles. The Labute approximate surface area is 204 Å². The molecule has 1 aliphatic carbocycles. The number of rotatable bonds is 8. The third-order valence-corrected chi connectivity index (χ3v) is 5.41. The van der Waals surface area contributed by atoms with Crippen LogP contribution >= 0.6 is 11.6 Å². The summed E-state index contributed by atoms with van der Waals surface area (Å²) < 4.78 is 10.1. The van der Waals surface area contributed by atoms with Gasteiger partial charge in [0.1, 0.15) is 13.2 Å². The van der Waals surface area contributed by atoms with Gasteiger partial charge in [0.2, 0.25) is 5.91 Å². The minimum Gasteiger partial charge on any atom is -0.480 e. The fraction of sp³-hybridized carbons (Fsp3) is 0.400. The molecule has 0 spiro atoms. The molecule has 0 aromatic heterocycles. The fourth-order valence-electron chi connectivity index (χ4n) is 3.49. The third kappa shape index (κ3) is 9.80. The van der Waals surface area contributed by atoms with Crippen molar-refractivity contribution in [3.8, 4) is 0 Å². The lowest BCUT2D eigenvalue weighted by Crippen LogP contribution is -2.31. The maximum Gasteiger partial charge on any atom is 0.418 e. The number of nitrogens with one attached hydrogen (secondary N) is 1. The number of benzene rings is 2. The van der Waals surface area contributed by atoms with Crippen molar-refractivity contribution in [3.05, 3.63) is 59.6 Å². The standard InChI is InChI=1S/C20H22ClNO2.C5H9NO4/c21-17-11-13-19(14-12-17)22(18-9-5-2-6-10-18)20(23)24-15-16-7-3-1-4-8-16;1-10-3-4(7)6-2-5(8)9/h2,5-6,9-14,16H,1,3-4,7-8,15H2;2-3H2,1H3,(H,6,7)(H,8,9). The zero-order valence-corrected chi connectivity index (χ0v) is 20.0. The molecular weight excluding hydrogens is 460 g/mol. The molecule has 1 aliphatic rings. The number of aliphatic carboxylic acids is 1. The van der Waals surface area contributed by atoms with Gasteiger partial charge in [-0.1, -0.05) is 49.1 Å². The van der Waals surface area contributed by atoms with E-state index in [2.05, 4.69) is 10.1 Å². The lowest BCUT2D eigenvalue weighted by molar-refractivity contribution is -0.138. The number of anilines is 2. The van der Waals surface area contributed by atoms with Crippen LogP contribution in [0.5, 0.6) is 0 Å². The zero-order valence-electron chi connectivity index (χ0n) is 19.2. The van der Waals surface area contributed by atoms with E-state index in [0.29, 0.717) is 17.5 Å². The molecule has 1 saturated carbocycles. The van der Waals surface area contributed by atoms with Crippen LogP contribution in [0.4, 0.5) is 16.2 Å². The Balaban J connectivity index is 0.000000347. The molecule has 9 heteroatoms. The van der Waals surface area contributed by atoms with Gasteiger partial charge in [-0.05, 0) is 55.2 Å². The van der Waals surface area contributed by atoms with E-state index in [1.807, 2.05) is 42.5 Å². The van der Waals surface area contributed by atoms with Gasteiger partial charge in [0.25, 0.3) is 0 Å². The van der Waals surface area contributed by atoms with Crippen molar-refractivity contribution < 1.29 is 29.0 Å². The van der Waals surface area contributed by atoms with Crippen LogP contribution in [0.2, 0.25) is 5.02 Å². The Hall–Kier alpha value is -3.10. The van der Waals surface area contributed by atoms with Crippen LogP contribution in [0.3, 0.4) is 0 Å². The molecule has 0 saturated heterocycles. The molecular formula is C25H31ClN2O6. The normalized spacial score (nSPS) is 13.2. The van der Waals surface area contributed by atoms with E-state index in [1.54, 1.807) is 17.0 Å². The summed E-state index contributed by atoms with van der Waals surface area (Å²) >= 11 is 5.97. The second kappa shape index (κ2) is 14.9. The van der Waals surface area contributed by atoms with Crippen LogP contribution in [-0.4, -0.2) is 49.9 Å². The number of methoxy groups -OCH3 is 1. The summed E-state index contributed by atoms with van der Waals surface area (Å²) in [5.74, 6) is -1.00. The first kappa shape index (κ1) is 27.1. The molecule has 34 heavy (non-hydrogen) atoms. The summed E-state index contributed by atoms with van der Waals surface area (Å²) in [7, 11) is 1.36. The number of carbonyl (C=O) groups is 3. The number of para-hydroxylation sites is 1. The molecule has 0 atom stereocenters. The SMILES string of the molecule is COCC(=O)NCC(=O)O.O=C(OCC1CCCCC1)N(c1ccccc1)c1ccc(Cl)cc1. The molecule has 0 unspecified atom stereocenters. The average Bonchev–Trinajstić information content (AvgIpc) is 2.85. The molecule has 8 nitrogen and oxygen atoms in total. The summed E-state index contributed by atoms with van der Waals surface area (Å²) in [5.41, 5.74) is 1.53. The molecule has 1 fully saturated rings. The largest absolute Gasteiger partial charge is 0.480 e. The van der Waals surface area contributed by atoms with Crippen molar-refractivity contribution in [3.63, 3.8) is 0 Å². The average molecular weight is 491 g/mol. The van der Waals surface area contributed by atoms with Crippen LogP contribution in [0, 0.1) is 5.92 Å². The number of amides is 2.